The maximum Gasteiger partial charge on any atom is 0.255 e. The van der Waals surface area contributed by atoms with E-state index in [0.29, 0.717) is 23.7 Å². The van der Waals surface area contributed by atoms with Crippen LogP contribution in [-0.4, -0.2) is 39.4 Å². The van der Waals surface area contributed by atoms with Crippen LogP contribution in [0.2, 0.25) is 0 Å². The van der Waals surface area contributed by atoms with E-state index in [4.69, 9.17) is 0 Å². The highest BCUT2D eigenvalue weighted by atomic mass is 32.2. The summed E-state index contributed by atoms with van der Waals surface area (Å²) in [6.07, 6.45) is 0. The zero-order valence-electron chi connectivity index (χ0n) is 16.0. The fourth-order valence-corrected chi connectivity index (χ4v) is 5.10. The zero-order valence-corrected chi connectivity index (χ0v) is 17.6. The molecule has 1 N–H and O–H groups in total. The van der Waals surface area contributed by atoms with E-state index in [2.05, 4.69) is 10.3 Å². The number of thiazole rings is 1. The molecule has 1 aliphatic heterocycles. The average Bonchev–Trinajstić information content (AvgIpc) is 3.43. The molecule has 7 heteroatoms. The van der Waals surface area contributed by atoms with Crippen molar-refractivity contribution in [1.29, 1.82) is 0 Å². The summed E-state index contributed by atoms with van der Waals surface area (Å²) in [5, 5.41) is 5.84. The van der Waals surface area contributed by atoms with Gasteiger partial charge in [0.15, 0.2) is 0 Å². The van der Waals surface area contributed by atoms with Gasteiger partial charge in [-0.3, -0.25) is 9.59 Å². The van der Waals surface area contributed by atoms with Gasteiger partial charge in [0.25, 0.3) is 5.91 Å². The van der Waals surface area contributed by atoms with Gasteiger partial charge >= 0.3 is 0 Å². The van der Waals surface area contributed by atoms with Gasteiger partial charge < -0.3 is 10.2 Å². The number of aryl methyl sites for hydroxylation is 1. The summed E-state index contributed by atoms with van der Waals surface area (Å²) in [6, 6.07) is 17.0. The third-order valence-corrected chi connectivity index (χ3v) is 6.71. The van der Waals surface area contributed by atoms with E-state index in [1.54, 1.807) is 28.0 Å². The van der Waals surface area contributed by atoms with Crippen LogP contribution in [0.1, 0.15) is 21.6 Å². The number of nitrogens with one attached hydrogen (secondary N) is 1. The highest BCUT2D eigenvalue weighted by molar-refractivity contribution is 7.99. The molecule has 2 amide bonds. The second-order valence-corrected chi connectivity index (χ2v) is 8.74. The van der Waals surface area contributed by atoms with Gasteiger partial charge in [-0.15, -0.1) is 23.1 Å². The normalized spacial score (nSPS) is 16.0. The van der Waals surface area contributed by atoms with Crippen molar-refractivity contribution in [3.63, 3.8) is 0 Å². The number of hydrogen-bond acceptors (Lipinski definition) is 5. The predicted octanol–water partition coefficient (Wildman–Crippen LogP) is 3.95. The molecule has 29 heavy (non-hydrogen) atoms. The molecule has 1 atom stereocenters. The van der Waals surface area contributed by atoms with Gasteiger partial charge in [-0.1, -0.05) is 48.0 Å². The van der Waals surface area contributed by atoms with Crippen LogP contribution in [-0.2, 0) is 11.3 Å². The maximum atomic E-state index is 12.8. The number of rotatable bonds is 5. The van der Waals surface area contributed by atoms with Crippen LogP contribution in [0.5, 0.6) is 0 Å². The third-order valence-electron chi connectivity index (χ3n) is 4.76. The summed E-state index contributed by atoms with van der Waals surface area (Å²) in [7, 11) is 0. The van der Waals surface area contributed by atoms with Gasteiger partial charge in [0, 0.05) is 22.3 Å². The molecule has 5 nitrogen and oxygen atoms in total. The molecule has 0 unspecified atom stereocenters. The number of aromatic nitrogens is 1. The van der Waals surface area contributed by atoms with Crippen LogP contribution >= 0.6 is 23.1 Å². The summed E-state index contributed by atoms with van der Waals surface area (Å²) >= 11 is 3.16. The van der Waals surface area contributed by atoms with Crippen molar-refractivity contribution in [2.45, 2.75) is 19.5 Å². The first-order valence-electron chi connectivity index (χ1n) is 9.35. The van der Waals surface area contributed by atoms with E-state index in [1.165, 1.54) is 0 Å². The van der Waals surface area contributed by atoms with Crippen LogP contribution in [0.3, 0.4) is 0 Å². The van der Waals surface area contributed by atoms with Crippen molar-refractivity contribution in [2.24, 2.45) is 0 Å². The van der Waals surface area contributed by atoms with Crippen LogP contribution in [0.15, 0.2) is 60.0 Å². The first kappa shape index (κ1) is 19.7. The van der Waals surface area contributed by atoms with Crippen molar-refractivity contribution in [1.82, 2.24) is 15.2 Å². The number of hydrogen-bond donors (Lipinski definition) is 1. The third kappa shape index (κ3) is 4.52. The number of carbonyl (C=O) groups excluding carboxylic acids is 2. The largest absolute Gasteiger partial charge is 0.349 e. The Hall–Kier alpha value is -2.64. The van der Waals surface area contributed by atoms with Crippen molar-refractivity contribution in [3.05, 3.63) is 76.8 Å². The Morgan fingerprint density at radius 3 is 2.66 bits per heavy atom. The van der Waals surface area contributed by atoms with Gasteiger partial charge in [-0.05, 0) is 19.1 Å². The van der Waals surface area contributed by atoms with E-state index < -0.39 is 6.04 Å². The van der Waals surface area contributed by atoms with Gasteiger partial charge in [0.05, 0.1) is 18.1 Å². The Morgan fingerprint density at radius 1 is 1.14 bits per heavy atom. The Balaban J connectivity index is 1.38. The lowest BCUT2D eigenvalue weighted by Crippen LogP contribution is -2.47. The molecule has 1 saturated heterocycles. The molecular formula is C22H21N3O2S2. The number of thioether (sulfide) groups is 1. The van der Waals surface area contributed by atoms with Crippen molar-refractivity contribution in [3.8, 4) is 10.6 Å². The van der Waals surface area contributed by atoms with Crippen molar-refractivity contribution < 1.29 is 9.59 Å². The smallest absolute Gasteiger partial charge is 0.255 e. The quantitative estimate of drug-likeness (QED) is 0.675. The van der Waals surface area contributed by atoms with Gasteiger partial charge in [-0.25, -0.2) is 4.98 Å². The fraction of sp³-hybridized carbons (Fsp3) is 0.227. The van der Waals surface area contributed by atoms with Gasteiger partial charge in [0.2, 0.25) is 5.91 Å². The molecule has 3 aromatic rings. The lowest BCUT2D eigenvalue weighted by molar-refractivity contribution is -0.124. The first-order valence-corrected chi connectivity index (χ1v) is 11.4. The molecule has 0 aliphatic carbocycles. The summed E-state index contributed by atoms with van der Waals surface area (Å²) in [6.45, 7) is 2.34. The fourth-order valence-electron chi connectivity index (χ4n) is 3.12. The molecule has 0 spiro atoms. The standard InChI is InChI=1S/C22H21N3O2S2/c1-15-7-9-17(10-8-15)22(27)25-14-28-13-19(25)20(26)23-11-18-12-29-21(24-18)16-5-3-2-4-6-16/h2-10,12,19H,11,13-14H2,1H3,(H,23,26)/t19-/m1/s1. The van der Waals surface area contributed by atoms with Crippen molar-refractivity contribution in [2.75, 3.05) is 11.6 Å². The Bertz CT molecular complexity index is 1000. The van der Waals surface area contributed by atoms with E-state index >= 15 is 0 Å². The molecule has 0 saturated carbocycles. The molecule has 4 rings (SSSR count). The van der Waals surface area contributed by atoms with Gasteiger partial charge in [-0.2, -0.15) is 0 Å². The molecule has 0 bridgehead atoms. The van der Waals surface area contributed by atoms with E-state index in [-0.39, 0.29) is 11.8 Å². The summed E-state index contributed by atoms with van der Waals surface area (Å²) in [5.41, 5.74) is 3.61. The molecule has 1 aliphatic rings. The molecule has 1 fully saturated rings. The number of amides is 2. The highest BCUT2D eigenvalue weighted by Crippen LogP contribution is 2.25. The lowest BCUT2D eigenvalue weighted by Gasteiger charge is -2.23. The van der Waals surface area contributed by atoms with E-state index in [9.17, 15) is 9.59 Å². The Kier molecular flexibility index (Phi) is 5.97. The highest BCUT2D eigenvalue weighted by Gasteiger charge is 2.35. The topological polar surface area (TPSA) is 62.3 Å². The molecular weight excluding hydrogens is 402 g/mol. The number of carbonyl (C=O) groups is 2. The Morgan fingerprint density at radius 2 is 1.90 bits per heavy atom. The minimum atomic E-state index is -0.457. The monoisotopic (exact) mass is 423 g/mol. The number of benzene rings is 2. The van der Waals surface area contributed by atoms with Crippen LogP contribution < -0.4 is 5.32 Å². The van der Waals surface area contributed by atoms with E-state index in [0.717, 1.165) is 21.8 Å². The molecule has 1 aromatic heterocycles. The molecule has 2 heterocycles. The predicted molar refractivity (Wildman–Crippen MR) is 118 cm³/mol. The molecule has 2 aromatic carbocycles. The van der Waals surface area contributed by atoms with E-state index in [1.807, 2.05) is 66.9 Å². The van der Waals surface area contributed by atoms with Crippen LogP contribution in [0.4, 0.5) is 0 Å². The second-order valence-electron chi connectivity index (χ2n) is 6.88. The first-order chi connectivity index (χ1) is 14.1. The SMILES string of the molecule is Cc1ccc(C(=O)N2CSC[C@@H]2C(=O)NCc2csc(-c3ccccc3)n2)cc1. The van der Waals surface area contributed by atoms with Crippen LogP contribution in [0.25, 0.3) is 10.6 Å². The van der Waals surface area contributed by atoms with Crippen molar-refractivity contribution >= 4 is 34.9 Å². The summed E-state index contributed by atoms with van der Waals surface area (Å²) in [5.74, 6) is 0.898. The number of nitrogens with zero attached hydrogens (tertiary/aromatic N) is 2. The Labute approximate surface area is 178 Å². The molecule has 148 valence electrons. The molecule has 0 radical (unpaired) electrons. The lowest BCUT2D eigenvalue weighted by atomic mass is 10.1. The maximum absolute atomic E-state index is 12.8. The summed E-state index contributed by atoms with van der Waals surface area (Å²) in [4.78, 5) is 31.8. The minimum Gasteiger partial charge on any atom is -0.349 e. The zero-order chi connectivity index (χ0) is 20.2. The van der Waals surface area contributed by atoms with Gasteiger partial charge in [0.1, 0.15) is 11.0 Å². The van der Waals surface area contributed by atoms with Crippen LogP contribution in [0, 0.1) is 6.92 Å². The second kappa shape index (κ2) is 8.80. The average molecular weight is 424 g/mol. The summed E-state index contributed by atoms with van der Waals surface area (Å²) < 4.78 is 0. The minimum absolute atomic E-state index is 0.102.